The fraction of sp³-hybridized carbons (Fsp3) is 0.176. The smallest absolute Gasteiger partial charge is 0.153 e. The fourth-order valence-electron chi connectivity index (χ4n) is 3.17. The second-order valence-electron chi connectivity index (χ2n) is 6.44. The van der Waals surface area contributed by atoms with E-state index in [0.717, 1.165) is 0 Å². The number of aromatic hydroxyl groups is 3. The van der Waals surface area contributed by atoms with Gasteiger partial charge in [-0.05, 0) is 67.4 Å². The van der Waals surface area contributed by atoms with Gasteiger partial charge in [-0.2, -0.15) is 0 Å². The third-order valence-electron chi connectivity index (χ3n) is 4.63. The van der Waals surface area contributed by atoms with Crippen LogP contribution in [-0.2, 0) is 0 Å². The summed E-state index contributed by atoms with van der Waals surface area (Å²) in [5, 5.41) is 52.0. The van der Waals surface area contributed by atoms with Crippen LogP contribution in [0.3, 0.4) is 0 Å². The van der Waals surface area contributed by atoms with Gasteiger partial charge in [0.05, 0.1) is 8.95 Å². The van der Waals surface area contributed by atoms with Gasteiger partial charge in [0.15, 0.2) is 11.5 Å². The Labute approximate surface area is 173 Å². The highest BCUT2D eigenvalue weighted by molar-refractivity contribution is 9.11. The van der Waals surface area contributed by atoms with Crippen LogP contribution in [0.4, 0.5) is 0 Å². The zero-order chi connectivity index (χ0) is 20.2. The minimum Gasteiger partial charge on any atom is -0.506 e. The number of halogens is 2. The quantitative estimate of drug-likeness (QED) is 0.269. The Balaban J connectivity index is 2.38. The van der Waals surface area contributed by atoms with Crippen LogP contribution in [0.5, 0.6) is 17.2 Å². The van der Waals surface area contributed by atoms with Crippen molar-refractivity contribution in [1.82, 2.24) is 0 Å². The van der Waals surface area contributed by atoms with Crippen molar-refractivity contribution in [2.45, 2.75) is 19.1 Å². The predicted molar refractivity (Wildman–Crippen MR) is 114 cm³/mol. The van der Waals surface area contributed by atoms with Crippen molar-refractivity contribution >= 4 is 69.4 Å². The number of rotatable bonds is 3. The molecule has 0 saturated heterocycles. The van der Waals surface area contributed by atoms with E-state index in [1.807, 2.05) is 0 Å². The minimum atomic E-state index is -1.22. The van der Waals surface area contributed by atoms with Crippen LogP contribution < -0.4 is 10.9 Å². The second-order valence-corrected chi connectivity index (χ2v) is 8.15. The minimum absolute atomic E-state index is 0.00616. The molecular formula is C17H16B2Br2O6. The molecule has 0 aliphatic rings. The fourth-order valence-corrected chi connectivity index (χ4v) is 4.39. The lowest BCUT2D eigenvalue weighted by Gasteiger charge is -2.16. The molecule has 6 nitrogen and oxygen atoms in total. The average molecular weight is 498 g/mol. The summed E-state index contributed by atoms with van der Waals surface area (Å²) in [6.45, 7) is 1.50. The van der Waals surface area contributed by atoms with Crippen molar-refractivity contribution in [2.24, 2.45) is 0 Å². The summed E-state index contributed by atoms with van der Waals surface area (Å²) in [5.41, 5.74) is 1.64. The molecule has 1 aromatic heterocycles. The molecule has 0 aliphatic carbocycles. The van der Waals surface area contributed by atoms with Crippen LogP contribution in [0.2, 0.25) is 0 Å². The van der Waals surface area contributed by atoms with Crippen molar-refractivity contribution in [1.29, 1.82) is 0 Å². The van der Waals surface area contributed by atoms with Crippen LogP contribution >= 0.6 is 31.9 Å². The van der Waals surface area contributed by atoms with E-state index in [2.05, 4.69) is 31.9 Å². The Bertz CT molecular complexity index is 1040. The average Bonchev–Trinajstić information content (AvgIpc) is 3.02. The van der Waals surface area contributed by atoms with Gasteiger partial charge in [-0.25, -0.2) is 0 Å². The molecule has 3 aromatic rings. The highest BCUT2D eigenvalue weighted by Crippen LogP contribution is 2.41. The number of furan rings is 1. The number of aliphatic hydroxyl groups excluding tert-OH is 2. The summed E-state index contributed by atoms with van der Waals surface area (Å²) in [5.74, 6) is -0.483. The summed E-state index contributed by atoms with van der Waals surface area (Å²) in [6.07, 6.45) is -2.25. The molecule has 0 bridgehead atoms. The van der Waals surface area contributed by atoms with Gasteiger partial charge in [-0.15, -0.1) is 0 Å². The Morgan fingerprint density at radius 1 is 0.926 bits per heavy atom. The van der Waals surface area contributed by atoms with E-state index in [1.54, 1.807) is 27.8 Å². The summed E-state index contributed by atoms with van der Waals surface area (Å²) >= 11 is 6.47. The number of phenols is 3. The lowest BCUT2D eigenvalue weighted by Crippen LogP contribution is -2.15. The van der Waals surface area contributed by atoms with Crippen LogP contribution in [0.1, 0.15) is 36.0 Å². The number of aliphatic hydroxyl groups is 2. The first-order valence-corrected chi connectivity index (χ1v) is 9.66. The molecule has 0 saturated carbocycles. The standard InChI is InChI=1S/C17H16B2Br2O6/c1-4(22)16-9(12(23)5-2-6(20)13(24)7(21)3-5)8-10(18)14(25)15(26)11(19)17(8)27-16/h2-4,12,22-26H,18-19H2,1H3. The summed E-state index contributed by atoms with van der Waals surface area (Å²) < 4.78 is 6.54. The first-order valence-electron chi connectivity index (χ1n) is 8.07. The van der Waals surface area contributed by atoms with Gasteiger partial charge in [0, 0.05) is 10.9 Å². The van der Waals surface area contributed by atoms with Crippen LogP contribution in [-0.4, -0.2) is 41.2 Å². The van der Waals surface area contributed by atoms with E-state index in [4.69, 9.17) is 4.42 Å². The van der Waals surface area contributed by atoms with E-state index in [9.17, 15) is 25.5 Å². The van der Waals surface area contributed by atoms with E-state index in [0.29, 0.717) is 36.4 Å². The van der Waals surface area contributed by atoms with Gasteiger partial charge in [0.2, 0.25) is 0 Å². The summed E-state index contributed by atoms with van der Waals surface area (Å²) in [6, 6.07) is 3.11. The van der Waals surface area contributed by atoms with E-state index in [-0.39, 0.29) is 28.6 Å². The van der Waals surface area contributed by atoms with Crippen molar-refractivity contribution < 1.29 is 29.9 Å². The number of fused-ring (bicyclic) bond motifs is 1. The molecule has 0 radical (unpaired) electrons. The number of benzene rings is 2. The molecule has 10 heteroatoms. The maximum absolute atomic E-state index is 11.1. The SMILES string of the molecule is Bc1c(O)c(O)c(B)c2c(C(O)c3cc(Br)c(O)c(Br)c3)c(C(C)O)oc12. The maximum Gasteiger partial charge on any atom is 0.153 e. The highest BCUT2D eigenvalue weighted by Gasteiger charge is 2.29. The highest BCUT2D eigenvalue weighted by atomic mass is 79.9. The Morgan fingerprint density at radius 3 is 1.96 bits per heavy atom. The Morgan fingerprint density at radius 2 is 1.44 bits per heavy atom. The van der Waals surface area contributed by atoms with Gasteiger partial charge in [0.1, 0.15) is 45.0 Å². The van der Waals surface area contributed by atoms with Crippen LogP contribution in [0.25, 0.3) is 11.0 Å². The zero-order valence-corrected chi connectivity index (χ0v) is 17.9. The lowest BCUT2D eigenvalue weighted by molar-refractivity contribution is 0.160. The summed E-state index contributed by atoms with van der Waals surface area (Å²) in [7, 11) is 3.17. The molecule has 0 aliphatic heterocycles. The number of hydrogen-bond donors (Lipinski definition) is 5. The van der Waals surface area contributed by atoms with E-state index >= 15 is 0 Å². The first kappa shape index (κ1) is 20.1. The predicted octanol–water partition coefficient (Wildman–Crippen LogP) is 0.726. The van der Waals surface area contributed by atoms with Crippen molar-refractivity contribution in [2.75, 3.05) is 0 Å². The van der Waals surface area contributed by atoms with Crippen molar-refractivity contribution in [3.63, 3.8) is 0 Å². The molecule has 5 N–H and O–H groups in total. The number of hydrogen-bond acceptors (Lipinski definition) is 6. The molecule has 27 heavy (non-hydrogen) atoms. The molecule has 0 amide bonds. The Hall–Kier alpha value is -1.61. The van der Waals surface area contributed by atoms with E-state index in [1.165, 1.54) is 6.92 Å². The molecule has 3 rings (SSSR count). The maximum atomic E-state index is 11.1. The third-order valence-corrected chi connectivity index (χ3v) is 5.84. The molecular weight excluding hydrogens is 482 g/mol. The van der Waals surface area contributed by atoms with E-state index < -0.39 is 12.2 Å². The normalized spacial score (nSPS) is 13.8. The number of phenolic OH excluding ortho intramolecular Hbond substituents is 3. The topological polar surface area (TPSA) is 114 Å². The van der Waals surface area contributed by atoms with Crippen molar-refractivity contribution in [3.8, 4) is 17.2 Å². The van der Waals surface area contributed by atoms with Gasteiger partial charge >= 0.3 is 0 Å². The molecule has 1 heterocycles. The third kappa shape index (κ3) is 3.14. The van der Waals surface area contributed by atoms with Crippen molar-refractivity contribution in [3.05, 3.63) is 38.0 Å². The van der Waals surface area contributed by atoms with Gasteiger partial charge < -0.3 is 29.9 Å². The zero-order valence-electron chi connectivity index (χ0n) is 14.7. The molecule has 140 valence electrons. The largest absolute Gasteiger partial charge is 0.506 e. The monoisotopic (exact) mass is 496 g/mol. The first-order chi connectivity index (χ1) is 12.6. The van der Waals surface area contributed by atoms with Crippen LogP contribution in [0.15, 0.2) is 25.5 Å². The van der Waals surface area contributed by atoms with Crippen LogP contribution in [0, 0.1) is 0 Å². The molecule has 2 aromatic carbocycles. The van der Waals surface area contributed by atoms with Gasteiger partial charge in [0.25, 0.3) is 0 Å². The second kappa shape index (κ2) is 7.09. The molecule has 2 atom stereocenters. The molecule has 0 spiro atoms. The van der Waals surface area contributed by atoms with Gasteiger partial charge in [-0.3, -0.25) is 0 Å². The molecule has 2 unspecified atom stereocenters. The molecule has 0 fully saturated rings. The van der Waals surface area contributed by atoms with Gasteiger partial charge in [-0.1, -0.05) is 0 Å². The lowest BCUT2D eigenvalue weighted by atomic mass is 9.81. The Kier molecular flexibility index (Phi) is 5.28. The summed E-state index contributed by atoms with van der Waals surface area (Å²) in [4.78, 5) is 0.